The predicted molar refractivity (Wildman–Crippen MR) is 102 cm³/mol. The summed E-state index contributed by atoms with van der Waals surface area (Å²) in [7, 11) is -3.61. The predicted octanol–water partition coefficient (Wildman–Crippen LogP) is 3.94. The number of hydrogen-bond acceptors (Lipinski definition) is 4. The first kappa shape index (κ1) is 17.9. The number of carbonyl (C=O) groups excluding carboxylic acids is 1. The van der Waals surface area contributed by atoms with Crippen molar-refractivity contribution in [3.8, 4) is 0 Å². The van der Waals surface area contributed by atoms with Crippen LogP contribution in [0.5, 0.6) is 0 Å². The highest BCUT2D eigenvalue weighted by Gasteiger charge is 2.22. The molecule has 0 aliphatic carbocycles. The average molecular weight is 379 g/mol. The molecule has 2 heterocycles. The fourth-order valence-electron chi connectivity index (χ4n) is 2.92. The highest BCUT2D eigenvalue weighted by Crippen LogP contribution is 2.30. The third kappa shape index (κ3) is 3.88. The van der Waals surface area contributed by atoms with Crippen LogP contribution >= 0.6 is 11.3 Å². The topological polar surface area (TPSA) is 66.5 Å². The first-order valence-electron chi connectivity index (χ1n) is 8.43. The lowest BCUT2D eigenvalue weighted by atomic mass is 10.1. The van der Waals surface area contributed by atoms with Gasteiger partial charge in [-0.2, -0.15) is 0 Å². The van der Waals surface area contributed by atoms with Gasteiger partial charge in [0.2, 0.25) is 5.91 Å². The van der Waals surface area contributed by atoms with E-state index in [9.17, 15) is 13.2 Å². The van der Waals surface area contributed by atoms with Crippen LogP contribution in [-0.4, -0.2) is 20.9 Å². The van der Waals surface area contributed by atoms with Gasteiger partial charge in [0.1, 0.15) is 4.21 Å². The van der Waals surface area contributed by atoms with Crippen molar-refractivity contribution in [1.82, 2.24) is 0 Å². The van der Waals surface area contributed by atoms with Gasteiger partial charge in [-0.1, -0.05) is 13.0 Å². The molecule has 1 N–H and O–H groups in total. The van der Waals surface area contributed by atoms with Crippen LogP contribution in [0.1, 0.15) is 36.6 Å². The van der Waals surface area contributed by atoms with Crippen molar-refractivity contribution in [3.63, 3.8) is 0 Å². The molecule has 25 heavy (non-hydrogen) atoms. The van der Waals surface area contributed by atoms with Crippen LogP contribution in [0, 0.1) is 6.92 Å². The standard InChI is InChI=1S/C18H22N2O3S2/c1-3-15-9-10-18(24-15)25(22,23)19-14-8-7-13(2)16(12-14)20-11-5-4-6-17(20)21/h7-10,12,19H,3-6,11H2,1-2H3. The van der Waals surface area contributed by atoms with E-state index in [4.69, 9.17) is 0 Å². The number of anilines is 2. The van der Waals surface area contributed by atoms with Gasteiger partial charge < -0.3 is 4.90 Å². The molecule has 1 amide bonds. The molecule has 1 fully saturated rings. The molecule has 0 bridgehead atoms. The summed E-state index contributed by atoms with van der Waals surface area (Å²) in [4.78, 5) is 15.0. The number of rotatable bonds is 5. The number of amides is 1. The molecular formula is C18H22N2O3S2. The molecule has 1 aromatic carbocycles. The molecule has 1 aliphatic heterocycles. The molecule has 0 atom stereocenters. The van der Waals surface area contributed by atoms with Crippen molar-refractivity contribution in [3.05, 3.63) is 40.8 Å². The Kier molecular flexibility index (Phi) is 5.15. The Bertz CT molecular complexity index is 887. The Morgan fingerprint density at radius 1 is 1.20 bits per heavy atom. The molecule has 0 unspecified atom stereocenters. The highest BCUT2D eigenvalue weighted by molar-refractivity contribution is 7.94. The number of nitrogens with one attached hydrogen (secondary N) is 1. The molecule has 3 rings (SSSR count). The number of hydrogen-bond donors (Lipinski definition) is 1. The quantitative estimate of drug-likeness (QED) is 0.857. The molecule has 1 saturated heterocycles. The van der Waals surface area contributed by atoms with Crippen molar-refractivity contribution in [2.75, 3.05) is 16.2 Å². The van der Waals surface area contributed by atoms with Gasteiger partial charge in [-0.15, -0.1) is 11.3 Å². The van der Waals surface area contributed by atoms with Crippen LogP contribution in [0.2, 0.25) is 0 Å². The van der Waals surface area contributed by atoms with E-state index in [0.29, 0.717) is 22.9 Å². The zero-order valence-corrected chi connectivity index (χ0v) is 16.0. The van der Waals surface area contributed by atoms with Crippen molar-refractivity contribution in [2.45, 2.75) is 43.7 Å². The van der Waals surface area contributed by atoms with Crippen molar-refractivity contribution in [2.24, 2.45) is 0 Å². The maximum Gasteiger partial charge on any atom is 0.271 e. The van der Waals surface area contributed by atoms with Crippen LogP contribution in [0.15, 0.2) is 34.5 Å². The summed E-state index contributed by atoms with van der Waals surface area (Å²) in [5, 5.41) is 0. The summed E-state index contributed by atoms with van der Waals surface area (Å²) in [6.07, 6.45) is 3.24. The van der Waals surface area contributed by atoms with Gasteiger partial charge in [0, 0.05) is 23.5 Å². The number of nitrogens with zero attached hydrogens (tertiary/aromatic N) is 1. The lowest BCUT2D eigenvalue weighted by Crippen LogP contribution is -2.35. The third-order valence-corrected chi connectivity index (χ3v) is 7.43. The van der Waals surface area contributed by atoms with Crippen molar-refractivity contribution in [1.29, 1.82) is 0 Å². The summed E-state index contributed by atoms with van der Waals surface area (Å²) >= 11 is 1.28. The Morgan fingerprint density at radius 3 is 2.68 bits per heavy atom. The molecule has 1 aromatic heterocycles. The van der Waals surface area contributed by atoms with E-state index in [-0.39, 0.29) is 5.91 Å². The number of sulfonamides is 1. The van der Waals surface area contributed by atoms with E-state index >= 15 is 0 Å². The molecule has 0 radical (unpaired) electrons. The lowest BCUT2D eigenvalue weighted by molar-refractivity contribution is -0.119. The molecule has 5 nitrogen and oxygen atoms in total. The fourth-order valence-corrected chi connectivity index (χ4v) is 5.27. The fraction of sp³-hybridized carbons (Fsp3) is 0.389. The average Bonchev–Trinajstić information content (AvgIpc) is 3.07. The molecule has 2 aromatic rings. The summed E-state index contributed by atoms with van der Waals surface area (Å²) in [6, 6.07) is 8.81. The van der Waals surface area contributed by atoms with E-state index in [1.807, 2.05) is 26.0 Å². The molecule has 1 aliphatic rings. The summed E-state index contributed by atoms with van der Waals surface area (Å²) in [5.41, 5.74) is 2.22. The zero-order valence-electron chi connectivity index (χ0n) is 14.4. The van der Waals surface area contributed by atoms with Gasteiger partial charge in [-0.05, 0) is 56.0 Å². The third-order valence-electron chi connectivity index (χ3n) is 4.33. The number of aryl methyl sites for hydroxylation is 2. The highest BCUT2D eigenvalue weighted by atomic mass is 32.2. The van der Waals surface area contributed by atoms with E-state index in [2.05, 4.69) is 4.72 Å². The zero-order chi connectivity index (χ0) is 18.0. The molecule has 0 spiro atoms. The largest absolute Gasteiger partial charge is 0.312 e. The minimum atomic E-state index is -3.61. The molecular weight excluding hydrogens is 356 g/mol. The minimum Gasteiger partial charge on any atom is -0.312 e. The van der Waals surface area contributed by atoms with Crippen LogP contribution in [0.4, 0.5) is 11.4 Å². The van der Waals surface area contributed by atoms with Gasteiger partial charge in [0.15, 0.2) is 0 Å². The number of thiophene rings is 1. The minimum absolute atomic E-state index is 0.0974. The first-order valence-corrected chi connectivity index (χ1v) is 10.7. The normalized spacial score (nSPS) is 15.4. The second-order valence-corrected chi connectivity index (χ2v) is 9.26. The SMILES string of the molecule is CCc1ccc(S(=O)(=O)Nc2ccc(C)c(N3CCCCC3=O)c2)s1. The molecule has 0 saturated carbocycles. The number of benzene rings is 1. The first-order chi connectivity index (χ1) is 11.9. The van der Waals surface area contributed by atoms with E-state index in [1.54, 1.807) is 23.1 Å². The Balaban J connectivity index is 1.88. The lowest BCUT2D eigenvalue weighted by Gasteiger charge is -2.28. The second kappa shape index (κ2) is 7.17. The number of carbonyl (C=O) groups is 1. The Morgan fingerprint density at radius 2 is 2.00 bits per heavy atom. The van der Waals surface area contributed by atoms with Gasteiger partial charge in [-0.25, -0.2) is 8.42 Å². The van der Waals surface area contributed by atoms with Gasteiger partial charge in [0.25, 0.3) is 10.0 Å². The van der Waals surface area contributed by atoms with Gasteiger partial charge in [0.05, 0.1) is 5.69 Å². The van der Waals surface area contributed by atoms with Crippen LogP contribution in [0.3, 0.4) is 0 Å². The summed E-state index contributed by atoms with van der Waals surface area (Å²) < 4.78 is 28.1. The Hall–Kier alpha value is -1.86. The molecule has 134 valence electrons. The van der Waals surface area contributed by atoms with E-state index in [0.717, 1.165) is 35.4 Å². The van der Waals surface area contributed by atoms with Crippen molar-refractivity contribution >= 4 is 38.6 Å². The second-order valence-electron chi connectivity index (χ2n) is 6.18. The maximum atomic E-state index is 12.6. The monoisotopic (exact) mass is 378 g/mol. The Labute approximate surface area is 152 Å². The summed E-state index contributed by atoms with van der Waals surface area (Å²) in [5.74, 6) is 0.0974. The van der Waals surface area contributed by atoms with Crippen LogP contribution < -0.4 is 9.62 Å². The van der Waals surface area contributed by atoms with E-state index < -0.39 is 10.0 Å². The van der Waals surface area contributed by atoms with Crippen LogP contribution in [-0.2, 0) is 21.2 Å². The van der Waals surface area contributed by atoms with Gasteiger partial charge in [-0.3, -0.25) is 9.52 Å². The van der Waals surface area contributed by atoms with E-state index in [1.165, 1.54) is 11.3 Å². The maximum absolute atomic E-state index is 12.6. The van der Waals surface area contributed by atoms with Gasteiger partial charge >= 0.3 is 0 Å². The van der Waals surface area contributed by atoms with Crippen LogP contribution in [0.25, 0.3) is 0 Å². The summed E-state index contributed by atoms with van der Waals surface area (Å²) in [6.45, 7) is 4.61. The molecule has 7 heteroatoms. The van der Waals surface area contributed by atoms with Crippen molar-refractivity contribution < 1.29 is 13.2 Å². The smallest absolute Gasteiger partial charge is 0.271 e. The number of piperidine rings is 1.